The van der Waals surface area contributed by atoms with Crippen LogP contribution in [0.4, 0.5) is 52.0 Å². The molecule has 0 unspecified atom stereocenters. The van der Waals surface area contributed by atoms with Crippen molar-refractivity contribution in [3.05, 3.63) is 194 Å². The molecule has 0 spiro atoms. The van der Waals surface area contributed by atoms with E-state index in [1.807, 2.05) is 97.1 Å². The number of rotatable bonds is 41. The molecule has 790 valence electrons. The van der Waals surface area contributed by atoms with E-state index in [4.69, 9.17) is 49.7 Å². The quantitative estimate of drug-likeness (QED) is 0.0109. The van der Waals surface area contributed by atoms with Crippen molar-refractivity contribution in [2.24, 2.45) is 5.73 Å². The molecule has 13 rings (SSSR count). The number of fused-ring (bicyclic) bond motifs is 4. The molecule has 1 aliphatic rings. The number of aliphatic carboxylic acids is 1. The van der Waals surface area contributed by atoms with E-state index in [1.54, 1.807) is 79.7 Å². The van der Waals surface area contributed by atoms with E-state index >= 15 is 0 Å². The van der Waals surface area contributed by atoms with Crippen LogP contribution in [0.5, 0.6) is 0 Å². The van der Waals surface area contributed by atoms with Crippen molar-refractivity contribution < 1.29 is 146 Å². The number of carbonyl (C=O) groups is 14. The Kier molecular flexibility index (Phi) is 48.3. The van der Waals surface area contributed by atoms with Gasteiger partial charge in [0.1, 0.15) is 109 Å². The number of hydrogen-bond acceptors (Lipinski definition) is 36. The molecule has 1 fully saturated rings. The van der Waals surface area contributed by atoms with E-state index in [0.717, 1.165) is 40.4 Å². The maximum absolute atomic E-state index is 13.9. The van der Waals surface area contributed by atoms with Gasteiger partial charge in [0.15, 0.2) is 67.9 Å². The Morgan fingerprint density at radius 1 is 0.383 bits per heavy atom. The van der Waals surface area contributed by atoms with Gasteiger partial charge in [0.25, 0.3) is 0 Å². The van der Waals surface area contributed by atoms with Gasteiger partial charge in [-0.15, -0.1) is 0 Å². The van der Waals surface area contributed by atoms with E-state index < -0.39 is 109 Å². The number of carboxylic acids is 1. The fourth-order valence-electron chi connectivity index (χ4n) is 13.3. The number of nitrogens with one attached hydrogen (secondary N) is 7. The molecule has 9 heterocycles. The molecule has 54 heteroatoms. The molecule has 0 aliphatic carbocycles. The zero-order chi connectivity index (χ0) is 107. The second kappa shape index (κ2) is 61.1. The predicted molar refractivity (Wildman–Crippen MR) is 534 cm³/mol. The number of hydrogen-bond donors (Lipinski definition) is 9. The number of aromatic nitrogens is 16. The van der Waals surface area contributed by atoms with Crippen molar-refractivity contribution in [1.29, 1.82) is 1.34 Å². The summed E-state index contributed by atoms with van der Waals surface area (Å²) in [6.07, 6.45) is 8.30. The van der Waals surface area contributed by atoms with Gasteiger partial charge in [-0.05, 0) is 91.8 Å². The van der Waals surface area contributed by atoms with Crippen LogP contribution < -0.4 is 43.0 Å². The van der Waals surface area contributed by atoms with Crippen molar-refractivity contribution in [2.45, 2.75) is 139 Å². The SMILES string of the molecule is C.C1CCOC1.CC(C)(C)OC(=O)NCCN(CC(=O)O)C(=O)Cn1cnc2c(NC(=O)OCc3ccccc3)ncnc21.CCOC(=O)CN(CCN)C(=O)Cn1cnc2c(NC(=O)OCc3ccccc3)ncnc21.CCOC(=O)CN(CCNC(=O)CN(CCNC(=O)OC(C)(C)C)C(=O)Cn1cnc2c(NC(=O)OCc3ccccc3)ncnc21)C(=O)Cn1cnc2c(NC(=O)OCc3ccccc3)ncnc21.[3H][B].[U]. The van der Waals surface area contributed by atoms with Gasteiger partial charge < -0.3 is 107 Å². The van der Waals surface area contributed by atoms with Crippen molar-refractivity contribution in [1.82, 2.24) is 114 Å². The minimum atomic E-state index is -1.21. The summed E-state index contributed by atoms with van der Waals surface area (Å²) in [6, 6.07) is 36.5. The third kappa shape index (κ3) is 40.4. The number of anilines is 4. The average molecular weight is 2290 g/mol. The molecule has 11 amide bonds. The number of nitrogens with two attached hydrogens (primary N) is 1. The summed E-state index contributed by atoms with van der Waals surface area (Å²) < 4.78 is 57.3. The van der Waals surface area contributed by atoms with Crippen molar-refractivity contribution >= 4 is 160 Å². The predicted octanol–water partition coefficient (Wildman–Crippen LogP) is 6.75. The first-order chi connectivity index (χ1) is 71.2. The van der Waals surface area contributed by atoms with Gasteiger partial charge in [-0.3, -0.25) is 59.6 Å². The molecule has 0 bridgehead atoms. The topological polar surface area (TPSA) is 640 Å². The minimum absolute atomic E-state index is 0. The summed E-state index contributed by atoms with van der Waals surface area (Å²) in [4.78, 5) is 231. The van der Waals surface area contributed by atoms with E-state index in [2.05, 4.69) is 105 Å². The van der Waals surface area contributed by atoms with Gasteiger partial charge in [0.05, 0.1) is 45.1 Å². The van der Waals surface area contributed by atoms with Gasteiger partial charge in [-0.1, -0.05) is 129 Å². The Balaban J connectivity index is 0.000000319. The first-order valence-electron chi connectivity index (χ1n) is 46.4. The van der Waals surface area contributed by atoms with Gasteiger partial charge in [0, 0.05) is 105 Å². The molecular formula is C95H119BN28O24U. The van der Waals surface area contributed by atoms with E-state index in [0.29, 0.717) is 5.65 Å². The fraction of sp³-hybridized carbons (Fsp3) is 0.389. The number of amides is 11. The molecule has 2 radical (unpaired) electrons. The monoisotopic (exact) mass is 2290 g/mol. The summed E-state index contributed by atoms with van der Waals surface area (Å²) in [5, 5.41) is 27.1. The molecule has 52 nitrogen and oxygen atoms in total. The second-order valence-electron chi connectivity index (χ2n) is 33.4. The molecule has 1 aliphatic heterocycles. The van der Waals surface area contributed by atoms with Gasteiger partial charge in [-0.25, -0.2) is 88.6 Å². The van der Waals surface area contributed by atoms with Crippen molar-refractivity contribution in [2.75, 3.05) is 126 Å². The number of esters is 2. The summed E-state index contributed by atoms with van der Waals surface area (Å²) >= 11 is 0. The molecule has 8 aromatic heterocycles. The normalized spacial score (nSPS) is 11.2. The maximum atomic E-state index is 13.9. The second-order valence-corrected chi connectivity index (χ2v) is 33.4. The molecule has 1 saturated heterocycles. The van der Waals surface area contributed by atoms with Crippen LogP contribution >= 0.6 is 0 Å². The fourth-order valence-corrected chi connectivity index (χ4v) is 13.3. The van der Waals surface area contributed by atoms with Gasteiger partial charge in [-0.2, -0.15) is 0 Å². The van der Waals surface area contributed by atoms with Crippen LogP contribution in [0.25, 0.3) is 44.7 Å². The zero-order valence-electron chi connectivity index (χ0n) is 83.5. The molecule has 0 atom stereocenters. The van der Waals surface area contributed by atoms with Crippen LogP contribution in [0.2, 0.25) is 0 Å². The number of imidazole rings is 4. The third-order valence-corrected chi connectivity index (χ3v) is 19.9. The molecule has 12 aromatic rings. The van der Waals surface area contributed by atoms with Crippen LogP contribution in [0.15, 0.2) is 172 Å². The maximum Gasteiger partial charge on any atom is 0.413 e. The van der Waals surface area contributed by atoms with Crippen LogP contribution in [0, 0.1) is 31.1 Å². The standard InChI is InChI=1S/C45H52N14O11.C24H29N7O7.C21H25N7O5.C4H8O.CH4.BH.U/c1-5-67-35(63)23-57(34(62)22-59-29-53-37-39(49-27-51-41(37)59)55-44(66)69-25-31-14-10-7-11-15-31)18-16-46-32(60)20-56(19-17-47-42(64)70-45(2,3)4)33(61)21-58-28-52-36-38(48-26-50-40(36)58)54-43(65)68-24-30-12-8-6-9-13-30;1-24(2,3)38-22(35)25-9-10-30(12-18(33)34)17(32)11-31-15-28-19-20(26-14-27-21(19)31)29-23(36)37-13-16-7-5-4-6-8-16;1-2-32-17(30)11-27(9-8-22)16(29)10-28-14-25-18-19(23-13-24-20(18)28)26-21(31)33-12-15-6-4-3-5-7-15;1-2-4-5-3-1;;;/h6-15,26-29H,5,16-25H2,1-4H3,(H,46,60)(H,47,64)(H,48,50,54,65)(H,49,51,55,66);4-8,14-15H,9-13H2,1-3H3,(H,25,35)(H,33,34)(H,26,27,29,36);3-7,13-14H,2,8-12,22H2,1H3,(H,23,24,26,31);1-4H2;1H4;1H;/i;;;;;1T;. The van der Waals surface area contributed by atoms with Gasteiger partial charge in [0.2, 0.25) is 29.5 Å². The minimum Gasteiger partial charge on any atom is -0.480 e. The van der Waals surface area contributed by atoms with E-state index in [1.165, 1.54) is 96.4 Å². The van der Waals surface area contributed by atoms with Crippen molar-refractivity contribution in [3.8, 4) is 0 Å². The number of alkyl carbamates (subject to hydrolysis) is 2. The smallest absolute Gasteiger partial charge is 0.413 e. The summed E-state index contributed by atoms with van der Waals surface area (Å²) in [5.41, 5.74) is 9.10. The summed E-state index contributed by atoms with van der Waals surface area (Å²) in [6.45, 7) is 12.9. The van der Waals surface area contributed by atoms with Crippen LogP contribution in [-0.2, 0) is 134 Å². The van der Waals surface area contributed by atoms with E-state index in [9.17, 15) is 72.2 Å². The van der Waals surface area contributed by atoms with Gasteiger partial charge >= 0.3 is 54.5 Å². The molecule has 4 aromatic carbocycles. The molecule has 149 heavy (non-hydrogen) atoms. The Labute approximate surface area is 881 Å². The Morgan fingerprint density at radius 2 is 0.651 bits per heavy atom. The van der Waals surface area contributed by atoms with E-state index in [-0.39, 0.29) is 231 Å². The number of benzene rings is 4. The third-order valence-electron chi connectivity index (χ3n) is 19.9. The Hall–Kier alpha value is -16.5. The van der Waals surface area contributed by atoms with Crippen LogP contribution in [-0.4, -0.2) is 313 Å². The largest absolute Gasteiger partial charge is 0.480 e. The average Bonchev–Trinajstić information content (AvgIpc) is 1.67. The number of carboxylic acid groups (broad SMARTS) is 1. The first-order valence-corrected chi connectivity index (χ1v) is 45.8. The Morgan fingerprint density at radius 3 is 0.906 bits per heavy atom. The molecule has 0 saturated carbocycles. The molecular weight excluding hydrogens is 2170 g/mol. The number of carbonyl (C=O) groups excluding carboxylic acids is 13. The Bertz CT molecular complexity index is 6420. The van der Waals surface area contributed by atoms with Crippen LogP contribution in [0.1, 0.15) is 97.9 Å². The van der Waals surface area contributed by atoms with Crippen LogP contribution in [0.3, 0.4) is 0 Å². The first kappa shape index (κ1) is 118. The summed E-state index contributed by atoms with van der Waals surface area (Å²) in [7, 11) is 3.75. The summed E-state index contributed by atoms with van der Waals surface area (Å²) in [5.74, 6) is -4.79. The number of ether oxygens (including phenoxy) is 9. The zero-order valence-corrected chi connectivity index (χ0v) is 86.7. The number of nitrogens with zero attached hydrogens (tertiary/aromatic N) is 20. The van der Waals surface area contributed by atoms with Crippen molar-refractivity contribution in [3.63, 3.8) is 0 Å². The molecule has 10 N–H and O–H groups in total.